The summed E-state index contributed by atoms with van der Waals surface area (Å²) in [6.07, 6.45) is 1.38. The highest BCUT2D eigenvalue weighted by Gasteiger charge is 1.94. The lowest BCUT2D eigenvalue weighted by atomic mass is 11.1. The van der Waals surface area contributed by atoms with Gasteiger partial charge in [-0.1, -0.05) is 0 Å². The van der Waals surface area contributed by atoms with E-state index in [0.29, 0.717) is 5.11 Å². The summed E-state index contributed by atoms with van der Waals surface area (Å²) in [5.74, 6) is 0. The minimum Gasteiger partial charge on any atom is -0.250 e. The molecule has 0 aromatic rings. The van der Waals surface area contributed by atoms with Crippen molar-refractivity contribution in [2.24, 2.45) is 5.10 Å². The van der Waals surface area contributed by atoms with E-state index in [-0.39, 0.29) is 0 Å². The molecule has 1 N–H and O–H groups in total. The van der Waals surface area contributed by atoms with E-state index >= 15 is 0 Å². The lowest BCUT2D eigenvalue weighted by Gasteiger charge is -1.80. The van der Waals surface area contributed by atoms with Gasteiger partial charge in [-0.2, -0.15) is 5.10 Å². The molecule has 0 fully saturated rings. The summed E-state index contributed by atoms with van der Waals surface area (Å²) in [6.45, 7) is 0. The predicted octanol–water partition coefficient (Wildman–Crippen LogP) is -0.578. The van der Waals surface area contributed by atoms with Crippen LogP contribution in [-0.4, -0.2) is 11.5 Å². The Labute approximate surface area is 40.4 Å². The van der Waals surface area contributed by atoms with Crippen LogP contribution in [0.5, 0.6) is 0 Å². The summed E-state index contributed by atoms with van der Waals surface area (Å²) < 4.78 is 0. The zero-order chi connectivity index (χ0) is 4.41. The van der Waals surface area contributed by atoms with Crippen molar-refractivity contribution < 1.29 is 0 Å². The first-order chi connectivity index (χ1) is 2.89. The highest BCUT2D eigenvalue weighted by molar-refractivity contribution is 7.80. The third-order valence-electron chi connectivity index (χ3n) is 0.393. The van der Waals surface area contributed by atoms with Gasteiger partial charge in [-0.15, -0.1) is 0 Å². The van der Waals surface area contributed by atoms with Gasteiger partial charge in [0.25, 0.3) is 0 Å². The second-order valence-electron chi connectivity index (χ2n) is 0.791. The molecule has 0 bridgehead atoms. The average molecular weight is 100 g/mol. The predicted molar refractivity (Wildman–Crippen MR) is 26.4 cm³/mol. The number of rotatable bonds is 0. The average Bonchev–Trinajstić information content (AvgIpc) is 1.86. The quantitative estimate of drug-likeness (QED) is 0.414. The third-order valence-corrected chi connectivity index (χ3v) is 0.590. The van der Waals surface area contributed by atoms with Gasteiger partial charge >= 0.3 is 0 Å². The normalized spacial score (nSPS) is 17.0. The van der Waals surface area contributed by atoms with Crippen molar-refractivity contribution in [3.63, 3.8) is 0 Å². The van der Waals surface area contributed by atoms with Crippen LogP contribution in [-0.2, 0) is 0 Å². The minimum absolute atomic E-state index is 0.440. The van der Waals surface area contributed by atoms with Gasteiger partial charge in [0, 0.05) is 0 Å². The van der Waals surface area contributed by atoms with E-state index in [1.165, 1.54) is 6.34 Å². The Morgan fingerprint density at radius 2 is 2.67 bits per heavy atom. The summed E-state index contributed by atoms with van der Waals surface area (Å²) in [5, 5.41) is 7.49. The minimum atomic E-state index is 0.440. The molecule has 6 heavy (non-hydrogen) atoms. The van der Waals surface area contributed by atoms with Gasteiger partial charge in [-0.25, -0.2) is 5.32 Å². The lowest BCUT2D eigenvalue weighted by molar-refractivity contribution is 1.07. The van der Waals surface area contributed by atoms with E-state index in [1.54, 1.807) is 0 Å². The summed E-state index contributed by atoms with van der Waals surface area (Å²) in [6, 6.07) is 0. The Morgan fingerprint density at radius 1 is 1.83 bits per heavy atom. The number of nitrogens with zero attached hydrogens (tertiary/aromatic N) is 2. The van der Waals surface area contributed by atoms with Crippen LogP contribution in [0.2, 0.25) is 0 Å². The smallest absolute Gasteiger partial charge is 0.214 e. The molecule has 3 nitrogen and oxygen atoms in total. The molecule has 0 spiro atoms. The van der Waals surface area contributed by atoms with Gasteiger partial charge < -0.3 is 0 Å². The molecular formula is C2H2N3S. The molecular weight excluding hydrogens is 98.1 g/mol. The number of hydrogen-bond donors (Lipinski definition) is 1. The van der Waals surface area contributed by atoms with E-state index in [4.69, 9.17) is 0 Å². The standard InChI is InChI=1S/C2H2N3S/c6-2-3-1-4-5-2/h1H,(H,5,6). The summed E-state index contributed by atoms with van der Waals surface area (Å²) in [4.78, 5) is 0. The summed E-state index contributed by atoms with van der Waals surface area (Å²) >= 11 is 4.52. The number of thiocarbonyl (C=S) groups is 1. The van der Waals surface area contributed by atoms with Gasteiger partial charge in [-0.05, 0) is 12.2 Å². The van der Waals surface area contributed by atoms with Gasteiger partial charge in [0.15, 0.2) is 0 Å². The Bertz CT molecular complexity index is 87.0. The summed E-state index contributed by atoms with van der Waals surface area (Å²) in [5.41, 5.74) is 2.45. The van der Waals surface area contributed by atoms with Crippen LogP contribution in [0.3, 0.4) is 0 Å². The maximum atomic E-state index is 4.52. The molecule has 0 aromatic carbocycles. The van der Waals surface area contributed by atoms with Crippen molar-refractivity contribution in [2.45, 2.75) is 0 Å². The first-order valence-corrected chi connectivity index (χ1v) is 1.83. The van der Waals surface area contributed by atoms with E-state index in [1.807, 2.05) is 0 Å². The maximum absolute atomic E-state index is 4.52. The monoisotopic (exact) mass is 100.0 g/mol. The van der Waals surface area contributed by atoms with Crippen LogP contribution >= 0.6 is 12.2 Å². The molecule has 1 rings (SSSR count). The molecule has 1 heterocycles. The van der Waals surface area contributed by atoms with Crippen LogP contribution in [0, 0.1) is 0 Å². The van der Waals surface area contributed by atoms with Crippen molar-refractivity contribution in [2.75, 3.05) is 0 Å². The zero-order valence-electron chi connectivity index (χ0n) is 2.88. The first-order valence-electron chi connectivity index (χ1n) is 1.42. The van der Waals surface area contributed by atoms with Crippen molar-refractivity contribution in [3.8, 4) is 0 Å². The molecule has 31 valence electrons. The van der Waals surface area contributed by atoms with Gasteiger partial charge in [0.05, 0.1) is 0 Å². The van der Waals surface area contributed by atoms with Crippen molar-refractivity contribution >= 4 is 23.7 Å². The molecule has 0 atom stereocenters. The van der Waals surface area contributed by atoms with Crippen molar-refractivity contribution in [1.29, 1.82) is 0 Å². The third kappa shape index (κ3) is 0.463. The fourth-order valence-corrected chi connectivity index (χ4v) is 0.294. The van der Waals surface area contributed by atoms with Crippen molar-refractivity contribution in [3.05, 3.63) is 0 Å². The van der Waals surface area contributed by atoms with Gasteiger partial charge in [-0.3, -0.25) is 5.43 Å². The molecule has 1 aliphatic rings. The summed E-state index contributed by atoms with van der Waals surface area (Å²) in [7, 11) is 0. The van der Waals surface area contributed by atoms with Crippen LogP contribution < -0.4 is 10.7 Å². The Morgan fingerprint density at radius 3 is 2.83 bits per heavy atom. The highest BCUT2D eigenvalue weighted by Crippen LogP contribution is 1.71. The number of hydrazone groups is 1. The van der Waals surface area contributed by atoms with E-state index in [0.717, 1.165) is 0 Å². The van der Waals surface area contributed by atoms with Crippen LogP contribution in [0.1, 0.15) is 0 Å². The second-order valence-corrected chi connectivity index (χ2v) is 1.18. The van der Waals surface area contributed by atoms with Crippen LogP contribution in [0.25, 0.3) is 0 Å². The molecule has 0 aliphatic carbocycles. The number of nitrogens with one attached hydrogen (secondary N) is 1. The van der Waals surface area contributed by atoms with E-state index < -0.39 is 0 Å². The molecule has 0 amide bonds. The Kier molecular flexibility index (Phi) is 0.719. The van der Waals surface area contributed by atoms with Gasteiger partial charge in [0.1, 0.15) is 6.34 Å². The van der Waals surface area contributed by atoms with E-state index in [9.17, 15) is 0 Å². The fraction of sp³-hybridized carbons (Fsp3) is 0. The van der Waals surface area contributed by atoms with E-state index in [2.05, 4.69) is 28.1 Å². The maximum Gasteiger partial charge on any atom is 0.214 e. The topological polar surface area (TPSA) is 38.5 Å². The fourth-order valence-electron chi connectivity index (χ4n) is 0.194. The molecule has 0 saturated heterocycles. The first kappa shape index (κ1) is 3.55. The Hall–Kier alpha value is -0.640. The van der Waals surface area contributed by atoms with Crippen LogP contribution in [0.4, 0.5) is 0 Å². The molecule has 0 saturated carbocycles. The molecule has 4 heteroatoms. The SMILES string of the molecule is S=C1[N]C=NN1. The second kappa shape index (κ2) is 1.22. The number of hydrogen-bond acceptors (Lipinski definition) is 2. The molecule has 0 aromatic heterocycles. The van der Waals surface area contributed by atoms with Crippen LogP contribution in [0.15, 0.2) is 5.10 Å². The Balaban J connectivity index is 2.52. The molecule has 1 aliphatic heterocycles. The lowest BCUT2D eigenvalue weighted by Crippen LogP contribution is -2.14. The largest absolute Gasteiger partial charge is 0.250 e. The molecule has 1 radical (unpaired) electrons. The van der Waals surface area contributed by atoms with Gasteiger partial charge in [0.2, 0.25) is 5.11 Å². The van der Waals surface area contributed by atoms with Crippen molar-refractivity contribution in [1.82, 2.24) is 10.7 Å². The molecule has 0 unspecified atom stereocenters. The highest BCUT2D eigenvalue weighted by atomic mass is 32.1. The zero-order valence-corrected chi connectivity index (χ0v) is 3.70.